The van der Waals surface area contributed by atoms with Crippen LogP contribution < -0.4 is 4.74 Å². The van der Waals surface area contributed by atoms with E-state index in [2.05, 4.69) is 5.10 Å². The highest BCUT2D eigenvalue weighted by molar-refractivity contribution is 6.31. The summed E-state index contributed by atoms with van der Waals surface area (Å²) in [6.45, 7) is 3.62. The van der Waals surface area contributed by atoms with E-state index in [9.17, 15) is 5.11 Å². The molecule has 2 aromatic rings. The molecule has 0 aliphatic rings. The molecule has 0 amide bonds. The van der Waals surface area contributed by atoms with Crippen molar-refractivity contribution in [1.29, 1.82) is 0 Å². The highest BCUT2D eigenvalue weighted by Gasteiger charge is 2.27. The highest BCUT2D eigenvalue weighted by atomic mass is 35.5. The van der Waals surface area contributed by atoms with Crippen LogP contribution in [-0.4, -0.2) is 22.0 Å². The van der Waals surface area contributed by atoms with E-state index in [4.69, 9.17) is 16.3 Å². The molecule has 5 heteroatoms. The van der Waals surface area contributed by atoms with E-state index in [1.807, 2.05) is 38.2 Å². The van der Waals surface area contributed by atoms with Crippen molar-refractivity contribution in [1.82, 2.24) is 9.78 Å². The Morgan fingerprint density at radius 1 is 1.45 bits per heavy atom. The lowest BCUT2D eigenvalue weighted by Crippen LogP contribution is -2.25. The first-order valence-corrected chi connectivity index (χ1v) is 6.78. The van der Waals surface area contributed by atoms with Crippen LogP contribution in [-0.2, 0) is 19.1 Å². The predicted molar refractivity (Wildman–Crippen MR) is 79.2 cm³/mol. The molecule has 1 heterocycles. The lowest BCUT2D eigenvalue weighted by molar-refractivity contribution is 0.0554. The summed E-state index contributed by atoms with van der Waals surface area (Å²) in [4.78, 5) is 0. The van der Waals surface area contributed by atoms with Crippen molar-refractivity contribution >= 4 is 11.6 Å². The van der Waals surface area contributed by atoms with Gasteiger partial charge in [-0.05, 0) is 31.5 Å². The van der Waals surface area contributed by atoms with Gasteiger partial charge in [0, 0.05) is 13.5 Å². The summed E-state index contributed by atoms with van der Waals surface area (Å²) in [6, 6.07) is 7.41. The number of aromatic nitrogens is 2. The Balaban J connectivity index is 2.34. The fourth-order valence-corrected chi connectivity index (χ4v) is 2.49. The fraction of sp³-hybridized carbons (Fsp3) is 0.400. The SMILES string of the molecule is COc1cccc(C(C)(O)Cc2c(Cl)c(C)nn2C)c1. The highest BCUT2D eigenvalue weighted by Crippen LogP contribution is 2.31. The third kappa shape index (κ3) is 2.81. The molecule has 108 valence electrons. The van der Waals surface area contributed by atoms with Gasteiger partial charge in [-0.25, -0.2) is 0 Å². The van der Waals surface area contributed by atoms with E-state index in [1.54, 1.807) is 18.7 Å². The minimum Gasteiger partial charge on any atom is -0.497 e. The van der Waals surface area contributed by atoms with Crippen molar-refractivity contribution in [3.05, 3.63) is 46.2 Å². The predicted octanol–water partition coefficient (Wildman–Crippen LogP) is 2.84. The molecule has 20 heavy (non-hydrogen) atoms. The van der Waals surface area contributed by atoms with Crippen LogP contribution in [0, 0.1) is 6.92 Å². The van der Waals surface area contributed by atoms with Crippen molar-refractivity contribution in [2.24, 2.45) is 7.05 Å². The molecule has 1 aromatic carbocycles. The van der Waals surface area contributed by atoms with Crippen LogP contribution in [0.4, 0.5) is 0 Å². The molecular formula is C15H19ClN2O2. The van der Waals surface area contributed by atoms with Crippen LogP contribution in [0.25, 0.3) is 0 Å². The third-order valence-corrected chi connectivity index (χ3v) is 3.96. The first-order chi connectivity index (χ1) is 9.35. The molecule has 2 rings (SSSR count). The van der Waals surface area contributed by atoms with Gasteiger partial charge in [-0.3, -0.25) is 4.68 Å². The molecule has 0 saturated heterocycles. The van der Waals surface area contributed by atoms with Gasteiger partial charge in [0.2, 0.25) is 0 Å². The molecule has 0 bridgehead atoms. The summed E-state index contributed by atoms with van der Waals surface area (Å²) in [5.74, 6) is 0.718. The smallest absolute Gasteiger partial charge is 0.119 e. The molecule has 0 saturated carbocycles. The van der Waals surface area contributed by atoms with Crippen molar-refractivity contribution in [3.63, 3.8) is 0 Å². The van der Waals surface area contributed by atoms with Gasteiger partial charge < -0.3 is 9.84 Å². The molecule has 0 spiro atoms. The quantitative estimate of drug-likeness (QED) is 0.943. The largest absolute Gasteiger partial charge is 0.497 e. The topological polar surface area (TPSA) is 47.3 Å². The van der Waals surface area contributed by atoms with Crippen molar-refractivity contribution in [3.8, 4) is 5.75 Å². The average molecular weight is 295 g/mol. The standard InChI is InChI=1S/C15H19ClN2O2/c1-10-14(16)13(18(3)17-10)9-15(2,19)11-6-5-7-12(8-11)20-4/h5-8,19H,9H2,1-4H3. The number of aliphatic hydroxyl groups is 1. The Kier molecular flexibility index (Phi) is 4.06. The summed E-state index contributed by atoms with van der Waals surface area (Å²) < 4.78 is 6.91. The van der Waals surface area contributed by atoms with E-state index in [0.29, 0.717) is 11.4 Å². The summed E-state index contributed by atoms with van der Waals surface area (Å²) in [6.07, 6.45) is 0.385. The summed E-state index contributed by atoms with van der Waals surface area (Å²) in [5, 5.41) is 15.6. The number of nitrogens with zero attached hydrogens (tertiary/aromatic N) is 2. The Morgan fingerprint density at radius 2 is 2.15 bits per heavy atom. The van der Waals surface area contributed by atoms with E-state index < -0.39 is 5.60 Å². The molecule has 4 nitrogen and oxygen atoms in total. The normalized spacial score (nSPS) is 14.1. The summed E-state index contributed by atoms with van der Waals surface area (Å²) in [7, 11) is 3.44. The van der Waals surface area contributed by atoms with E-state index >= 15 is 0 Å². The van der Waals surface area contributed by atoms with Crippen LogP contribution in [0.5, 0.6) is 5.75 Å². The van der Waals surface area contributed by atoms with Crippen molar-refractivity contribution < 1.29 is 9.84 Å². The molecule has 0 aliphatic carbocycles. The van der Waals surface area contributed by atoms with E-state index in [0.717, 1.165) is 22.7 Å². The maximum absolute atomic E-state index is 10.8. The first-order valence-electron chi connectivity index (χ1n) is 6.40. The summed E-state index contributed by atoms with van der Waals surface area (Å²) in [5.41, 5.74) is 1.33. The van der Waals surface area contributed by atoms with Crippen LogP contribution in [0.1, 0.15) is 23.9 Å². The zero-order valence-corrected chi connectivity index (χ0v) is 12.9. The second kappa shape index (κ2) is 5.46. The Hall–Kier alpha value is -1.52. The fourth-order valence-electron chi connectivity index (χ4n) is 2.26. The summed E-state index contributed by atoms with van der Waals surface area (Å²) >= 11 is 6.25. The molecule has 0 fully saturated rings. The number of hydrogen-bond donors (Lipinski definition) is 1. The number of aryl methyl sites for hydroxylation is 2. The third-order valence-electron chi connectivity index (χ3n) is 3.46. The number of benzene rings is 1. The molecule has 1 atom stereocenters. The number of methoxy groups -OCH3 is 1. The van der Waals surface area contributed by atoms with Crippen LogP contribution in [0.2, 0.25) is 5.02 Å². The van der Waals surface area contributed by atoms with Crippen LogP contribution in [0.15, 0.2) is 24.3 Å². The van der Waals surface area contributed by atoms with E-state index in [1.165, 1.54) is 0 Å². The van der Waals surface area contributed by atoms with Gasteiger partial charge in [-0.1, -0.05) is 23.7 Å². The van der Waals surface area contributed by atoms with Crippen molar-refractivity contribution in [2.75, 3.05) is 7.11 Å². The van der Waals surface area contributed by atoms with Gasteiger partial charge in [0.15, 0.2) is 0 Å². The average Bonchev–Trinajstić information content (AvgIpc) is 2.65. The Bertz CT molecular complexity index is 620. The molecule has 1 N–H and O–H groups in total. The Labute approximate surface area is 123 Å². The van der Waals surface area contributed by atoms with Crippen LogP contribution in [0.3, 0.4) is 0 Å². The number of ether oxygens (including phenoxy) is 1. The van der Waals surface area contributed by atoms with Gasteiger partial charge in [-0.15, -0.1) is 0 Å². The minimum atomic E-state index is -1.04. The van der Waals surface area contributed by atoms with Gasteiger partial charge in [0.05, 0.1) is 29.1 Å². The second-order valence-electron chi connectivity index (χ2n) is 5.15. The molecule has 0 radical (unpaired) electrons. The second-order valence-corrected chi connectivity index (χ2v) is 5.53. The molecule has 1 aromatic heterocycles. The molecule has 1 unspecified atom stereocenters. The lowest BCUT2D eigenvalue weighted by Gasteiger charge is -2.24. The van der Waals surface area contributed by atoms with Gasteiger partial charge >= 0.3 is 0 Å². The minimum absolute atomic E-state index is 0.385. The Morgan fingerprint density at radius 3 is 2.70 bits per heavy atom. The first kappa shape index (κ1) is 14.9. The van der Waals surface area contributed by atoms with Crippen LogP contribution >= 0.6 is 11.6 Å². The lowest BCUT2D eigenvalue weighted by atomic mass is 9.91. The number of halogens is 1. The molecular weight excluding hydrogens is 276 g/mol. The zero-order valence-electron chi connectivity index (χ0n) is 12.1. The maximum Gasteiger partial charge on any atom is 0.119 e. The number of rotatable bonds is 4. The van der Waals surface area contributed by atoms with Crippen molar-refractivity contribution in [2.45, 2.75) is 25.9 Å². The van der Waals surface area contributed by atoms with Gasteiger partial charge in [-0.2, -0.15) is 5.10 Å². The monoisotopic (exact) mass is 294 g/mol. The maximum atomic E-state index is 10.8. The van der Waals surface area contributed by atoms with Gasteiger partial charge in [0.25, 0.3) is 0 Å². The number of hydrogen-bond acceptors (Lipinski definition) is 3. The molecule has 0 aliphatic heterocycles. The van der Waals surface area contributed by atoms with Gasteiger partial charge in [0.1, 0.15) is 5.75 Å². The van der Waals surface area contributed by atoms with E-state index in [-0.39, 0.29) is 0 Å². The zero-order chi connectivity index (χ0) is 14.9.